The molecule has 9 heteroatoms. The largest absolute Gasteiger partial charge is 1.00 e. The molecule has 1 aliphatic heterocycles. The number of hydrogen-bond acceptors (Lipinski definition) is 0. The van der Waals surface area contributed by atoms with Crippen LogP contribution in [0.3, 0.4) is 0 Å². The third kappa shape index (κ3) is 6.95. The van der Waals surface area contributed by atoms with Crippen molar-refractivity contribution in [3.8, 4) is 22.3 Å². The van der Waals surface area contributed by atoms with Crippen molar-refractivity contribution in [2.24, 2.45) is 10.8 Å². The van der Waals surface area contributed by atoms with Gasteiger partial charge in [0.25, 0.3) is 0 Å². The van der Waals surface area contributed by atoms with Gasteiger partial charge in [0.2, 0.25) is 0 Å². The van der Waals surface area contributed by atoms with E-state index in [1.54, 1.807) is 24.3 Å². The molecule has 0 bridgehead atoms. The van der Waals surface area contributed by atoms with Gasteiger partial charge in [-0.1, -0.05) is 0 Å². The Bertz CT molecular complexity index is 1990. The molecule has 55 heavy (non-hydrogen) atoms. The standard InChI is InChI=1S/2C20H18F3.C6H10.2ClH.Zr/c2*1-19(2,3)16-11-14-5-4-6-17(18(14)12-16)13-7-9-15(10-8-13)20(21,22)23;1-2-4-6-5-3-1;;;/h2*4-12H,1-3H3;1-2H,3-6H2;2*1H;/q;;;;;+2/p-2. The molecule has 8 rings (SSSR count). The van der Waals surface area contributed by atoms with E-state index in [2.05, 4.69) is 90.1 Å². The van der Waals surface area contributed by atoms with Crippen molar-refractivity contribution in [3.05, 3.63) is 129 Å². The molecule has 4 aromatic rings. The van der Waals surface area contributed by atoms with Gasteiger partial charge >= 0.3 is 315 Å². The number of rotatable bonds is 4. The van der Waals surface area contributed by atoms with Crippen molar-refractivity contribution in [2.75, 3.05) is 0 Å². The molecule has 290 valence electrons. The molecule has 4 aliphatic rings. The van der Waals surface area contributed by atoms with Crippen molar-refractivity contribution >= 4 is 12.2 Å². The molecule has 1 heterocycles. The maximum absolute atomic E-state index is 13.6. The molecule has 0 spiro atoms. The first-order chi connectivity index (χ1) is 24.8. The molecular weight excluding hydrogens is 829 g/mol. The van der Waals surface area contributed by atoms with Crippen molar-refractivity contribution in [2.45, 2.75) is 94.1 Å². The maximum Gasteiger partial charge on any atom is -1.00 e. The normalized spacial score (nSPS) is 23.3. The first-order valence-electron chi connectivity index (χ1n) is 18.9. The van der Waals surface area contributed by atoms with Gasteiger partial charge in [-0.05, 0) is 0 Å². The second-order valence-corrected chi connectivity index (χ2v) is 29.2. The molecule has 0 N–H and O–H groups in total. The van der Waals surface area contributed by atoms with Crippen LogP contribution in [0.15, 0.2) is 96.1 Å². The quantitative estimate of drug-likeness (QED) is 0.180. The summed E-state index contributed by atoms with van der Waals surface area (Å²) < 4.78 is 83.4. The van der Waals surface area contributed by atoms with Crippen molar-refractivity contribution in [3.63, 3.8) is 0 Å². The van der Waals surface area contributed by atoms with E-state index in [-0.39, 0.29) is 35.6 Å². The van der Waals surface area contributed by atoms with Gasteiger partial charge in [-0.15, -0.1) is 0 Å². The van der Waals surface area contributed by atoms with E-state index in [9.17, 15) is 26.3 Å². The molecule has 0 amide bonds. The smallest absolute Gasteiger partial charge is 1.00 e. The second kappa shape index (κ2) is 14.3. The van der Waals surface area contributed by atoms with Crippen LogP contribution in [0.2, 0.25) is 7.25 Å². The second-order valence-electron chi connectivity index (χ2n) is 17.8. The summed E-state index contributed by atoms with van der Waals surface area (Å²) in [5, 5.41) is 0. The van der Waals surface area contributed by atoms with Gasteiger partial charge < -0.3 is 24.8 Å². The number of hydrogen-bond donors (Lipinski definition) is 0. The van der Waals surface area contributed by atoms with E-state index in [0.29, 0.717) is 14.5 Å². The van der Waals surface area contributed by atoms with E-state index >= 15 is 0 Å². The first-order valence-corrected chi connectivity index (χ1v) is 24.6. The van der Waals surface area contributed by atoms with E-state index in [1.165, 1.54) is 72.2 Å². The topological polar surface area (TPSA) is 0 Å². The van der Waals surface area contributed by atoms with E-state index in [4.69, 9.17) is 0 Å². The van der Waals surface area contributed by atoms with Gasteiger partial charge in [0.1, 0.15) is 0 Å². The van der Waals surface area contributed by atoms with Crippen molar-refractivity contribution < 1.29 is 71.4 Å². The molecular formula is C46H46Cl2F6Zr. The summed E-state index contributed by atoms with van der Waals surface area (Å²) in [5.41, 5.74) is 9.89. The average molecular weight is 875 g/mol. The van der Waals surface area contributed by atoms with E-state index < -0.39 is 43.7 Å². The van der Waals surface area contributed by atoms with Gasteiger partial charge in [0.05, 0.1) is 0 Å². The number of benzene rings is 4. The number of halogens is 8. The molecule has 0 radical (unpaired) electrons. The predicted octanol–water partition coefficient (Wildman–Crippen LogP) is 9.05. The Kier molecular flexibility index (Phi) is 11.0. The SMILES string of the molecule is CC(C)(C)C1=Cc2c(-c3ccc(C(F)(F)F)cc3)cccc2[CH]1[Zr+2]1([CH]2C(C(C)(C)C)=Cc3c(-c4ccc(C(F)(F)F)cc4)cccc32)[CH]2CCCC[CH]21.[Cl-].[Cl-]. The van der Waals surface area contributed by atoms with E-state index in [0.717, 1.165) is 33.4 Å². The van der Waals surface area contributed by atoms with Crippen LogP contribution in [-0.4, -0.2) is 0 Å². The summed E-state index contributed by atoms with van der Waals surface area (Å²) in [6.07, 6.45) is 0.975. The molecule has 1 saturated heterocycles. The minimum Gasteiger partial charge on any atom is -1.00 e. The van der Waals surface area contributed by atoms with Crippen LogP contribution in [0.25, 0.3) is 34.4 Å². The number of allylic oxidation sites excluding steroid dienone is 2. The summed E-state index contributed by atoms with van der Waals surface area (Å²) in [6, 6.07) is 24.2. The number of alkyl halides is 6. The van der Waals surface area contributed by atoms with Crippen molar-refractivity contribution in [1.82, 2.24) is 0 Å². The van der Waals surface area contributed by atoms with Gasteiger partial charge in [0, 0.05) is 0 Å². The average Bonchev–Trinajstić information content (AvgIpc) is 3.35. The fourth-order valence-corrected chi connectivity index (χ4v) is 34.7. The Hall–Kier alpha value is -2.60. The van der Waals surface area contributed by atoms with Crippen LogP contribution in [0.1, 0.15) is 108 Å². The molecule has 4 unspecified atom stereocenters. The van der Waals surface area contributed by atoms with Gasteiger partial charge in [0.15, 0.2) is 0 Å². The zero-order valence-corrected chi connectivity index (χ0v) is 35.9. The maximum atomic E-state index is 13.6. The fourth-order valence-electron chi connectivity index (χ4n) is 10.6. The molecule has 4 atom stereocenters. The van der Waals surface area contributed by atoms with Crippen LogP contribution in [0.4, 0.5) is 26.3 Å². The molecule has 3 aliphatic carbocycles. The third-order valence-electron chi connectivity index (χ3n) is 12.8. The Labute approximate surface area is 338 Å². The summed E-state index contributed by atoms with van der Waals surface area (Å²) >= 11 is -3.53. The monoisotopic (exact) mass is 872 g/mol. The fraction of sp³-hybridized carbons (Fsp3) is 0.391. The summed E-state index contributed by atoms with van der Waals surface area (Å²) in [4.78, 5) is 0. The Balaban J connectivity index is 0.00000257. The summed E-state index contributed by atoms with van der Waals surface area (Å²) in [6.45, 7) is 13.9. The summed E-state index contributed by atoms with van der Waals surface area (Å²) in [7, 11) is 0. The Morgan fingerprint density at radius 1 is 0.491 bits per heavy atom. The van der Waals surface area contributed by atoms with Crippen LogP contribution >= 0.6 is 0 Å². The Morgan fingerprint density at radius 3 is 1.15 bits per heavy atom. The minimum atomic E-state index is -4.40. The number of fused-ring (bicyclic) bond motifs is 3. The van der Waals surface area contributed by atoms with Crippen LogP contribution in [0.5, 0.6) is 0 Å². The first kappa shape index (κ1) is 42.0. The molecule has 4 aromatic carbocycles. The summed E-state index contributed by atoms with van der Waals surface area (Å²) in [5.74, 6) is 0. The molecule has 0 aromatic heterocycles. The van der Waals surface area contributed by atoms with Crippen molar-refractivity contribution in [1.29, 1.82) is 0 Å². The van der Waals surface area contributed by atoms with Crippen LogP contribution < -0.4 is 24.8 Å². The molecule has 1 saturated carbocycles. The zero-order valence-electron chi connectivity index (χ0n) is 31.9. The van der Waals surface area contributed by atoms with Crippen LogP contribution in [-0.2, 0) is 32.6 Å². The Morgan fingerprint density at radius 2 is 0.836 bits per heavy atom. The predicted molar refractivity (Wildman–Crippen MR) is 200 cm³/mol. The van der Waals surface area contributed by atoms with Gasteiger partial charge in [-0.3, -0.25) is 0 Å². The molecule has 0 nitrogen and oxygen atoms in total. The molecule has 2 fully saturated rings. The third-order valence-corrected chi connectivity index (χ3v) is 29.6. The van der Waals surface area contributed by atoms with Gasteiger partial charge in [-0.25, -0.2) is 0 Å². The van der Waals surface area contributed by atoms with Crippen LogP contribution in [0, 0.1) is 10.8 Å². The van der Waals surface area contributed by atoms with E-state index in [1.807, 2.05) is 0 Å². The minimum absolute atomic E-state index is 0. The van der Waals surface area contributed by atoms with Gasteiger partial charge in [-0.2, -0.15) is 0 Å². The zero-order chi connectivity index (χ0) is 37.9.